The van der Waals surface area contributed by atoms with Crippen molar-refractivity contribution in [1.29, 1.82) is 0 Å². The number of H-pyrrole nitrogens is 1. The Balaban J connectivity index is 0.000000132. The van der Waals surface area contributed by atoms with E-state index in [9.17, 15) is 9.59 Å². The monoisotopic (exact) mass is 502 g/mol. The van der Waals surface area contributed by atoms with Gasteiger partial charge >= 0.3 is 16.9 Å². The molecule has 0 bridgehead atoms. The van der Waals surface area contributed by atoms with E-state index in [4.69, 9.17) is 10.0 Å². The lowest BCUT2D eigenvalue weighted by molar-refractivity contribution is 0.424. The lowest BCUT2D eigenvalue weighted by Gasteiger charge is -2.00. The van der Waals surface area contributed by atoms with E-state index in [1.165, 1.54) is 28.9 Å². The van der Waals surface area contributed by atoms with Gasteiger partial charge in [0.1, 0.15) is 5.82 Å². The fourth-order valence-electron chi connectivity index (χ4n) is 3.09. The highest BCUT2D eigenvalue weighted by Crippen LogP contribution is 2.19. The predicted molar refractivity (Wildman–Crippen MR) is 142 cm³/mol. The van der Waals surface area contributed by atoms with Crippen molar-refractivity contribution in [3.8, 4) is 5.82 Å². The van der Waals surface area contributed by atoms with Crippen molar-refractivity contribution in [3.63, 3.8) is 0 Å². The number of hydrogen-bond acceptors (Lipinski definition) is 8. The average Bonchev–Trinajstić information content (AvgIpc) is 3.43. The molecule has 0 amide bonds. The first-order valence-electron chi connectivity index (χ1n) is 10.4. The molecule has 0 radical (unpaired) electrons. The average molecular weight is 502 g/mol. The van der Waals surface area contributed by atoms with Gasteiger partial charge in [0.25, 0.3) is 0 Å². The molecule has 4 heterocycles. The fraction of sp³-hybridized carbons (Fsp3) is 0. The summed E-state index contributed by atoms with van der Waals surface area (Å²) in [4.78, 5) is 33.2. The maximum atomic E-state index is 11.9. The van der Waals surface area contributed by atoms with Gasteiger partial charge in [0.2, 0.25) is 0 Å². The van der Waals surface area contributed by atoms with Gasteiger partial charge in [-0.2, -0.15) is 0 Å². The number of benzene rings is 2. The molecule has 0 aliphatic carbocycles. The molecule has 3 N–H and O–H groups in total. The molecule has 0 saturated carbocycles. The second-order valence-electron chi connectivity index (χ2n) is 7.00. The van der Waals surface area contributed by atoms with Crippen LogP contribution in [0.3, 0.4) is 0 Å². The van der Waals surface area contributed by atoms with Gasteiger partial charge in [0.15, 0.2) is 0 Å². The Morgan fingerprint density at radius 2 is 1.40 bits per heavy atom. The van der Waals surface area contributed by atoms with E-state index in [0.717, 1.165) is 20.4 Å². The Bertz CT molecular complexity index is 1590. The van der Waals surface area contributed by atoms with E-state index >= 15 is 0 Å². The van der Waals surface area contributed by atoms with Gasteiger partial charge in [-0.05, 0) is 48.5 Å². The number of hydrogen-bond donors (Lipinski definition) is 3. The first-order chi connectivity index (χ1) is 17.0. The molecule has 0 fully saturated rings. The van der Waals surface area contributed by atoms with Crippen LogP contribution in [0.1, 0.15) is 0 Å². The van der Waals surface area contributed by atoms with Gasteiger partial charge in [-0.25, -0.2) is 4.98 Å². The summed E-state index contributed by atoms with van der Waals surface area (Å²) in [5, 5.41) is 17.0. The van der Waals surface area contributed by atoms with Gasteiger partial charge < -0.3 is 15.0 Å². The molecule has 6 aromatic rings. The summed E-state index contributed by atoms with van der Waals surface area (Å²) in [6.45, 7) is 0. The Hall–Kier alpha value is -3.90. The van der Waals surface area contributed by atoms with Crippen LogP contribution in [0.5, 0.6) is 0 Å². The zero-order valence-corrected chi connectivity index (χ0v) is 19.8. The van der Waals surface area contributed by atoms with Crippen molar-refractivity contribution >= 4 is 55.8 Å². The number of pyridine rings is 2. The molecule has 35 heavy (non-hydrogen) atoms. The van der Waals surface area contributed by atoms with E-state index in [-0.39, 0.29) is 15.3 Å². The minimum absolute atomic E-state index is 0.0000926. The van der Waals surface area contributed by atoms with Crippen LogP contribution in [-0.2, 0) is 0 Å². The summed E-state index contributed by atoms with van der Waals surface area (Å²) in [5.74, 6) is 0.671. The maximum Gasteiger partial charge on any atom is 0.508 e. The molecular formula is C24H19BN4O4S2. The Labute approximate surface area is 207 Å². The van der Waals surface area contributed by atoms with E-state index < -0.39 is 7.12 Å². The van der Waals surface area contributed by atoms with Gasteiger partial charge in [-0.3, -0.25) is 19.1 Å². The van der Waals surface area contributed by atoms with Crippen LogP contribution in [0.15, 0.2) is 107 Å². The van der Waals surface area contributed by atoms with Gasteiger partial charge in [-0.15, -0.1) is 0 Å². The minimum Gasteiger partial charge on any atom is -0.422 e. The summed E-state index contributed by atoms with van der Waals surface area (Å²) < 4.78 is 3.64. The lowest BCUT2D eigenvalue weighted by atomic mass is 9.86. The fourth-order valence-corrected chi connectivity index (χ4v) is 4.71. The third kappa shape index (κ3) is 6.17. The highest BCUT2D eigenvalue weighted by molar-refractivity contribution is 7.16. The summed E-state index contributed by atoms with van der Waals surface area (Å²) in [5.41, 5.74) is 2.12. The number of thiazole rings is 2. The van der Waals surface area contributed by atoms with E-state index in [2.05, 4.69) is 15.0 Å². The minimum atomic E-state index is -1.45. The molecule has 0 atom stereocenters. The largest absolute Gasteiger partial charge is 0.508 e. The third-order valence-electron chi connectivity index (χ3n) is 4.64. The quantitative estimate of drug-likeness (QED) is 0.313. The van der Waals surface area contributed by atoms with Crippen LogP contribution < -0.4 is 15.3 Å². The summed E-state index contributed by atoms with van der Waals surface area (Å²) in [7, 11) is -1.45. The molecule has 2 aromatic carbocycles. The first kappa shape index (κ1) is 24.2. The van der Waals surface area contributed by atoms with Crippen molar-refractivity contribution in [2.45, 2.75) is 0 Å². The van der Waals surface area contributed by atoms with Crippen LogP contribution in [0.2, 0.25) is 0 Å². The van der Waals surface area contributed by atoms with Crippen LogP contribution in [0.25, 0.3) is 26.3 Å². The van der Waals surface area contributed by atoms with E-state index in [1.54, 1.807) is 29.0 Å². The maximum absolute atomic E-state index is 11.9. The predicted octanol–water partition coefficient (Wildman–Crippen LogP) is 2.80. The number of para-hydroxylation sites is 2. The van der Waals surface area contributed by atoms with Crippen LogP contribution >= 0.6 is 22.7 Å². The molecule has 0 unspecified atom stereocenters. The number of fused-ring (bicyclic) bond motifs is 2. The van der Waals surface area contributed by atoms with Crippen LogP contribution in [-0.4, -0.2) is 36.7 Å². The normalized spacial score (nSPS) is 10.2. The first-order valence-corrected chi connectivity index (χ1v) is 12.0. The van der Waals surface area contributed by atoms with Crippen molar-refractivity contribution in [3.05, 3.63) is 117 Å². The topological polar surface area (TPSA) is 121 Å². The second kappa shape index (κ2) is 11.5. The van der Waals surface area contributed by atoms with Gasteiger partial charge in [0, 0.05) is 12.4 Å². The van der Waals surface area contributed by atoms with Crippen molar-refractivity contribution in [2.75, 3.05) is 0 Å². The molecule has 0 spiro atoms. The highest BCUT2D eigenvalue weighted by atomic mass is 32.1. The molecule has 0 aliphatic rings. The highest BCUT2D eigenvalue weighted by Gasteiger charge is 2.10. The number of nitrogens with zero attached hydrogens (tertiary/aromatic N) is 3. The molecular weight excluding hydrogens is 483 g/mol. The lowest BCUT2D eigenvalue weighted by Crippen LogP contribution is -2.31. The molecule has 174 valence electrons. The SMILES string of the molecule is O=c1[nH]c2ccccc2s1.O=c1sc2ccccc2n1-c1ccccn1.OB(O)c1ccccn1. The molecule has 8 nitrogen and oxygen atoms in total. The third-order valence-corrected chi connectivity index (χ3v) is 6.43. The van der Waals surface area contributed by atoms with Crippen LogP contribution in [0.4, 0.5) is 0 Å². The van der Waals surface area contributed by atoms with Crippen LogP contribution in [0, 0.1) is 0 Å². The Kier molecular flexibility index (Phi) is 7.96. The second-order valence-corrected chi connectivity index (χ2v) is 9.01. The van der Waals surface area contributed by atoms with E-state index in [1.807, 2.05) is 66.7 Å². The summed E-state index contributed by atoms with van der Waals surface area (Å²) in [6, 6.07) is 25.9. The summed E-state index contributed by atoms with van der Waals surface area (Å²) in [6.07, 6.45) is 3.20. The number of rotatable bonds is 2. The number of nitrogens with one attached hydrogen (secondary N) is 1. The van der Waals surface area contributed by atoms with Gasteiger partial charge in [-0.1, -0.05) is 59.1 Å². The molecule has 6 rings (SSSR count). The van der Waals surface area contributed by atoms with Crippen molar-refractivity contribution in [1.82, 2.24) is 19.5 Å². The molecule has 0 aliphatic heterocycles. The molecule has 4 aromatic heterocycles. The number of aromatic nitrogens is 4. The zero-order valence-electron chi connectivity index (χ0n) is 18.2. The standard InChI is InChI=1S/C12H8N2OS.C7H5NOS.C5H6BNO2/c15-12-14(11-7-3-4-8-13-11)9-5-1-2-6-10(9)16-12;9-7-8-5-3-1-2-4-6(5)10-7;8-6(9)5-3-1-2-4-7-5/h1-8H;1-4H,(H,8,9);1-4,8-9H. The molecule has 11 heteroatoms. The smallest absolute Gasteiger partial charge is 0.422 e. The van der Waals surface area contributed by atoms with Crippen molar-refractivity contribution < 1.29 is 10.0 Å². The summed E-state index contributed by atoms with van der Waals surface area (Å²) >= 11 is 2.48. The Morgan fingerprint density at radius 3 is 2.03 bits per heavy atom. The van der Waals surface area contributed by atoms with E-state index in [0.29, 0.717) is 5.82 Å². The number of aromatic amines is 1. The zero-order chi connectivity index (χ0) is 24.6. The molecule has 0 saturated heterocycles. The van der Waals surface area contributed by atoms with Gasteiger partial charge in [0.05, 0.1) is 26.0 Å². The van der Waals surface area contributed by atoms with Crippen molar-refractivity contribution in [2.24, 2.45) is 0 Å². The Morgan fingerprint density at radius 1 is 0.743 bits per heavy atom.